The van der Waals surface area contributed by atoms with E-state index in [1.54, 1.807) is 19.1 Å². The van der Waals surface area contributed by atoms with E-state index in [-0.39, 0.29) is 36.4 Å². The first-order valence-corrected chi connectivity index (χ1v) is 19.1. The molecule has 0 aromatic heterocycles. The van der Waals surface area contributed by atoms with Gasteiger partial charge < -0.3 is 30.5 Å². The Morgan fingerprint density at radius 1 is 1.11 bits per heavy atom. The number of nitrogens with zero attached hydrogens (tertiary/aromatic N) is 2. The maximum absolute atomic E-state index is 14.2. The molecule has 7 rings (SSSR count). The molecule has 4 N–H and O–H groups in total. The Balaban J connectivity index is 1.25. The van der Waals surface area contributed by atoms with Crippen molar-refractivity contribution in [1.82, 2.24) is 15.7 Å². The molecule has 10 nitrogen and oxygen atoms in total. The number of halogens is 1. The summed E-state index contributed by atoms with van der Waals surface area (Å²) in [5, 5.41) is 29.9. The Morgan fingerprint density at radius 3 is 2.51 bits per heavy atom. The molecule has 8 atom stereocenters. The van der Waals surface area contributed by atoms with Gasteiger partial charge in [0.15, 0.2) is 0 Å². The van der Waals surface area contributed by atoms with E-state index in [1.807, 2.05) is 79.7 Å². The molecule has 286 valence electrons. The Labute approximate surface area is 318 Å². The van der Waals surface area contributed by atoms with Gasteiger partial charge in [-0.05, 0) is 90.8 Å². The lowest BCUT2D eigenvalue weighted by Gasteiger charge is -2.62. The van der Waals surface area contributed by atoms with Gasteiger partial charge >= 0.3 is 0 Å². The van der Waals surface area contributed by atoms with Crippen molar-refractivity contribution in [1.29, 1.82) is 0 Å². The van der Waals surface area contributed by atoms with Crippen LogP contribution in [0.4, 0.5) is 5.69 Å². The number of aliphatic hydroxyl groups excluding tert-OH is 2. The largest absolute Gasteiger partial charge is 0.496 e. The molecule has 2 amide bonds. The van der Waals surface area contributed by atoms with Crippen LogP contribution < -0.4 is 20.3 Å². The molecule has 4 aliphatic rings. The van der Waals surface area contributed by atoms with E-state index in [4.69, 9.17) is 21.2 Å². The number of nitrogens with one attached hydrogen (secondary N) is 2. The van der Waals surface area contributed by atoms with E-state index in [2.05, 4.69) is 31.4 Å². The summed E-state index contributed by atoms with van der Waals surface area (Å²) in [4.78, 5) is 35.9. The summed E-state index contributed by atoms with van der Waals surface area (Å²) in [5.41, 5.74) is 4.98. The van der Waals surface area contributed by atoms with Crippen LogP contribution in [0.2, 0.25) is 5.02 Å². The van der Waals surface area contributed by atoms with E-state index in [0.29, 0.717) is 47.1 Å². The molecule has 0 radical (unpaired) electrons. The van der Waals surface area contributed by atoms with Crippen molar-refractivity contribution in [2.24, 2.45) is 29.1 Å². The lowest BCUT2D eigenvalue weighted by Crippen LogP contribution is -2.62. The quantitative estimate of drug-likeness (QED) is 0.175. The van der Waals surface area contributed by atoms with Gasteiger partial charge in [0.1, 0.15) is 17.9 Å². The van der Waals surface area contributed by atoms with Crippen LogP contribution in [-0.2, 0) is 22.6 Å². The highest BCUT2D eigenvalue weighted by Gasteiger charge is 2.57. The summed E-state index contributed by atoms with van der Waals surface area (Å²) in [6, 6.07) is 18.3. The van der Waals surface area contributed by atoms with Gasteiger partial charge in [0.2, 0.25) is 5.91 Å². The number of rotatable bonds is 13. The number of para-hydroxylation sites is 1. The number of hydrogen-bond acceptors (Lipinski definition) is 8. The molecule has 0 unspecified atom stereocenters. The molecule has 1 aliphatic heterocycles. The number of ether oxygens (including phenoxy) is 1. The fourth-order valence-corrected chi connectivity index (χ4v) is 9.31. The maximum atomic E-state index is 14.2. The van der Waals surface area contributed by atoms with Crippen LogP contribution in [0, 0.1) is 29.1 Å². The predicted octanol–water partition coefficient (Wildman–Crippen LogP) is 5.71. The topological polar surface area (TPSA) is 124 Å². The Hall–Kier alpha value is -3.67. The van der Waals surface area contributed by atoms with Gasteiger partial charge in [0.05, 0.1) is 26.4 Å². The zero-order valence-corrected chi connectivity index (χ0v) is 32.7. The van der Waals surface area contributed by atoms with Crippen molar-refractivity contribution < 1.29 is 29.4 Å². The summed E-state index contributed by atoms with van der Waals surface area (Å²) in [6.45, 7) is 8.82. The number of methoxy groups -OCH3 is 1. The molecule has 11 heteroatoms. The van der Waals surface area contributed by atoms with Crippen LogP contribution in [0.1, 0.15) is 62.0 Å². The van der Waals surface area contributed by atoms with Crippen molar-refractivity contribution in [2.45, 2.75) is 77.8 Å². The predicted molar refractivity (Wildman–Crippen MR) is 208 cm³/mol. The van der Waals surface area contributed by atoms with Gasteiger partial charge in [0, 0.05) is 60.0 Å². The number of carbonyl (C=O) groups excluding carboxylic acids is 2. The van der Waals surface area contributed by atoms with E-state index in [0.717, 1.165) is 34.4 Å². The van der Waals surface area contributed by atoms with Crippen LogP contribution >= 0.6 is 11.6 Å². The Bertz CT molecular complexity index is 1800. The van der Waals surface area contributed by atoms with Crippen LogP contribution in [0.5, 0.6) is 5.75 Å². The summed E-state index contributed by atoms with van der Waals surface area (Å²) < 4.78 is 6.05. The second-order valence-electron chi connectivity index (χ2n) is 16.0. The first-order chi connectivity index (χ1) is 25.2. The second-order valence-corrected chi connectivity index (χ2v) is 16.5. The Kier molecular flexibility index (Phi) is 11.8. The van der Waals surface area contributed by atoms with E-state index >= 15 is 0 Å². The molecule has 3 aromatic rings. The second kappa shape index (κ2) is 16.0. The van der Waals surface area contributed by atoms with Crippen LogP contribution in [0.25, 0.3) is 11.1 Å². The average molecular weight is 747 g/mol. The molecular formula is C42H55ClN4O6. The fraction of sp³-hybridized carbons (Fsp3) is 0.524. The zero-order chi connectivity index (χ0) is 38.2. The first-order valence-electron chi connectivity index (χ1n) is 18.8. The monoisotopic (exact) mass is 746 g/mol. The van der Waals surface area contributed by atoms with Gasteiger partial charge in [-0.25, -0.2) is 0 Å². The molecule has 3 aromatic carbocycles. The third kappa shape index (κ3) is 7.94. The number of benzene rings is 3. The van der Waals surface area contributed by atoms with Crippen molar-refractivity contribution in [2.75, 3.05) is 39.3 Å². The summed E-state index contributed by atoms with van der Waals surface area (Å²) in [6.07, 6.45) is 1.11. The zero-order valence-electron chi connectivity index (χ0n) is 31.9. The van der Waals surface area contributed by atoms with E-state index in [1.165, 1.54) is 6.42 Å². The highest BCUT2D eigenvalue weighted by atomic mass is 35.5. The highest BCUT2D eigenvalue weighted by molar-refractivity contribution is 6.30. The third-order valence-corrected chi connectivity index (χ3v) is 12.5. The lowest BCUT2D eigenvalue weighted by molar-refractivity contribution is -0.183. The average Bonchev–Trinajstić information content (AvgIpc) is 3.50. The molecule has 53 heavy (non-hydrogen) atoms. The van der Waals surface area contributed by atoms with E-state index < -0.39 is 24.2 Å². The SMILES string of the molecule is COc1c(CN2O[C@@H](CO)[C@@H]([C@H](C)O)[C@H]2C(=O)N[C@H]2C[C@@H]3C[C@@H]([C@@H]2C)C3(C)C)cccc1-c1cc(C(=O)NCCc2cccc(Cl)c2)cc(N(C)C)c1. The molecule has 2 bridgehead atoms. The van der Waals surface area contributed by atoms with Crippen molar-refractivity contribution in [3.63, 3.8) is 0 Å². The molecule has 0 spiro atoms. The van der Waals surface area contributed by atoms with Gasteiger partial charge in [-0.1, -0.05) is 62.7 Å². The van der Waals surface area contributed by atoms with Gasteiger partial charge in [0.25, 0.3) is 5.91 Å². The minimum absolute atomic E-state index is 0.0361. The van der Waals surface area contributed by atoms with Crippen LogP contribution in [0.15, 0.2) is 60.7 Å². The number of fused-ring (bicyclic) bond motifs is 2. The van der Waals surface area contributed by atoms with Crippen LogP contribution in [-0.4, -0.2) is 85.7 Å². The minimum Gasteiger partial charge on any atom is -0.496 e. The number of aliphatic hydroxyl groups is 2. The summed E-state index contributed by atoms with van der Waals surface area (Å²) >= 11 is 6.15. The molecule has 3 aliphatic carbocycles. The number of amides is 2. The smallest absolute Gasteiger partial charge is 0.251 e. The number of hydroxylamine groups is 2. The minimum atomic E-state index is -0.902. The van der Waals surface area contributed by atoms with E-state index in [9.17, 15) is 19.8 Å². The normalized spacial score (nSPS) is 26.7. The summed E-state index contributed by atoms with van der Waals surface area (Å²) in [5.74, 6) is 0.984. The molecule has 3 saturated carbocycles. The molecule has 1 saturated heterocycles. The maximum Gasteiger partial charge on any atom is 0.251 e. The standard InChI is InChI=1S/C42H55ClN4O6/c1-24-34-20-30(42(34,3)4)21-35(24)45-41(51)38-37(25(2)49)36(23-48)53-47(38)22-27-11-9-13-33(39(27)52-7)28-17-29(19-32(18-28)46(5)6)40(50)44-15-14-26-10-8-12-31(43)16-26/h8-13,16-19,24-25,30,34-38,48-49H,14-15,20-23H2,1-7H3,(H,44,50)(H,45,51)/t24-,25-,30-,34-,35-,36-,37+,38-/m0/s1. The van der Waals surface area contributed by atoms with Crippen molar-refractivity contribution in [3.05, 3.63) is 82.4 Å². The van der Waals surface area contributed by atoms with Gasteiger partial charge in [-0.15, -0.1) is 0 Å². The fourth-order valence-electron chi connectivity index (χ4n) is 9.10. The van der Waals surface area contributed by atoms with Crippen LogP contribution in [0.3, 0.4) is 0 Å². The number of hydrogen-bond donors (Lipinski definition) is 4. The summed E-state index contributed by atoms with van der Waals surface area (Å²) in [7, 11) is 5.46. The number of anilines is 1. The van der Waals surface area contributed by atoms with Crippen molar-refractivity contribution in [3.8, 4) is 16.9 Å². The molecule has 4 fully saturated rings. The Morgan fingerprint density at radius 2 is 1.87 bits per heavy atom. The molecular weight excluding hydrogens is 692 g/mol. The van der Waals surface area contributed by atoms with Gasteiger partial charge in [-0.2, -0.15) is 5.06 Å². The lowest BCUT2D eigenvalue weighted by atomic mass is 9.45. The highest BCUT2D eigenvalue weighted by Crippen LogP contribution is 2.61. The van der Waals surface area contributed by atoms with Gasteiger partial charge in [-0.3, -0.25) is 14.4 Å². The van der Waals surface area contributed by atoms with Crippen molar-refractivity contribution >= 4 is 29.1 Å². The molecule has 1 heterocycles. The third-order valence-electron chi connectivity index (χ3n) is 12.3. The number of carbonyl (C=O) groups is 2. The first kappa shape index (κ1) is 39.0.